The molecule has 0 aliphatic rings. The van der Waals surface area contributed by atoms with Gasteiger partial charge < -0.3 is 4.74 Å². The van der Waals surface area contributed by atoms with Crippen LogP contribution in [-0.4, -0.2) is 21.2 Å². The monoisotopic (exact) mass is 248 g/mol. The van der Waals surface area contributed by atoms with Crippen LogP contribution in [0.5, 0.6) is 0 Å². The molecule has 2 nitrogen and oxygen atoms in total. The normalized spacial score (nSPS) is 13.0. The number of benzene rings is 1. The van der Waals surface area contributed by atoms with E-state index in [9.17, 15) is 4.79 Å². The van der Waals surface area contributed by atoms with E-state index in [4.69, 9.17) is 4.74 Å². The minimum atomic E-state index is -1.51. The second kappa shape index (κ2) is 5.32. The maximum atomic E-state index is 11.9. The second-order valence-electron chi connectivity index (χ2n) is 5.11. The number of hydrogen-bond donors (Lipinski definition) is 0. The number of hydrogen-bond acceptors (Lipinski definition) is 2. The number of rotatable bonds is 3. The van der Waals surface area contributed by atoms with E-state index in [0.29, 0.717) is 0 Å². The van der Waals surface area contributed by atoms with Crippen molar-refractivity contribution in [3.8, 4) is 0 Å². The zero-order valence-electron chi connectivity index (χ0n) is 11.2. The van der Waals surface area contributed by atoms with E-state index in [0.717, 1.165) is 11.1 Å². The molecule has 0 N–H and O–H groups in total. The molecule has 0 aliphatic carbocycles. The highest BCUT2D eigenvalue weighted by atomic mass is 28.3. The lowest BCUT2D eigenvalue weighted by molar-refractivity contribution is -0.133. The summed E-state index contributed by atoms with van der Waals surface area (Å²) in [6.07, 6.45) is 0. The number of allylic oxidation sites excluding steroid dienone is 1. The Morgan fingerprint density at radius 3 is 2.06 bits per heavy atom. The zero-order chi connectivity index (χ0) is 13.1. The molecule has 0 spiro atoms. The predicted octanol–water partition coefficient (Wildman–Crippen LogP) is 3.51. The van der Waals surface area contributed by atoms with E-state index in [-0.39, 0.29) is 5.97 Å². The van der Waals surface area contributed by atoms with Crippen LogP contribution in [0.1, 0.15) is 12.5 Å². The first-order chi connectivity index (χ1) is 7.88. The SMILES string of the molecule is COC(=O)/C(=C(/C)[Si](C)(C)C)c1ccccc1. The van der Waals surface area contributed by atoms with E-state index in [1.165, 1.54) is 12.3 Å². The summed E-state index contributed by atoms with van der Waals surface area (Å²) in [5, 5.41) is 1.18. The van der Waals surface area contributed by atoms with Crippen LogP contribution in [-0.2, 0) is 9.53 Å². The van der Waals surface area contributed by atoms with Crippen LogP contribution in [0.2, 0.25) is 19.6 Å². The maximum Gasteiger partial charge on any atom is 0.338 e. The highest BCUT2D eigenvalue weighted by molar-refractivity contribution is 6.84. The van der Waals surface area contributed by atoms with Gasteiger partial charge in [-0.3, -0.25) is 0 Å². The van der Waals surface area contributed by atoms with E-state index in [1.54, 1.807) is 0 Å². The molecule has 0 bridgehead atoms. The van der Waals surface area contributed by atoms with Gasteiger partial charge in [-0.05, 0) is 12.5 Å². The summed E-state index contributed by atoms with van der Waals surface area (Å²) in [5.41, 5.74) is 1.67. The first kappa shape index (κ1) is 13.7. The lowest BCUT2D eigenvalue weighted by Crippen LogP contribution is -2.25. The molecule has 0 aromatic heterocycles. The Morgan fingerprint density at radius 2 is 1.65 bits per heavy atom. The third-order valence-corrected chi connectivity index (χ3v) is 5.45. The fourth-order valence-corrected chi connectivity index (χ4v) is 2.57. The van der Waals surface area contributed by atoms with Gasteiger partial charge in [0.2, 0.25) is 0 Å². The molecule has 1 rings (SSSR count). The number of carbonyl (C=O) groups excluding carboxylic acids is 1. The van der Waals surface area contributed by atoms with Crippen LogP contribution in [0.4, 0.5) is 0 Å². The molecule has 0 amide bonds. The van der Waals surface area contributed by atoms with Gasteiger partial charge in [0.05, 0.1) is 20.8 Å². The molecule has 0 radical (unpaired) electrons. The van der Waals surface area contributed by atoms with E-state index >= 15 is 0 Å². The molecule has 1 aromatic rings. The van der Waals surface area contributed by atoms with Gasteiger partial charge in [-0.25, -0.2) is 4.79 Å². The average Bonchev–Trinajstić information content (AvgIpc) is 2.29. The molecule has 0 atom stereocenters. The predicted molar refractivity (Wildman–Crippen MR) is 74.4 cm³/mol. The molecule has 0 aliphatic heterocycles. The molecular weight excluding hydrogens is 228 g/mol. The summed E-state index contributed by atoms with van der Waals surface area (Å²) in [5.74, 6) is -0.240. The lowest BCUT2D eigenvalue weighted by Gasteiger charge is -2.21. The van der Waals surface area contributed by atoms with Crippen molar-refractivity contribution in [1.29, 1.82) is 0 Å². The highest BCUT2D eigenvalue weighted by Gasteiger charge is 2.24. The van der Waals surface area contributed by atoms with E-state index < -0.39 is 8.07 Å². The van der Waals surface area contributed by atoms with Gasteiger partial charge in [-0.15, -0.1) is 0 Å². The fourth-order valence-electron chi connectivity index (χ4n) is 1.57. The smallest absolute Gasteiger partial charge is 0.338 e. The molecule has 0 heterocycles. The minimum absolute atomic E-state index is 0.240. The van der Waals surface area contributed by atoms with Crippen molar-refractivity contribution in [1.82, 2.24) is 0 Å². The Hall–Kier alpha value is -1.35. The topological polar surface area (TPSA) is 26.3 Å². The summed E-state index contributed by atoms with van der Waals surface area (Å²) in [7, 11) is -0.0734. The molecular formula is C14H20O2Si. The first-order valence-electron chi connectivity index (χ1n) is 5.73. The quantitative estimate of drug-likeness (QED) is 0.465. The highest BCUT2D eigenvalue weighted by Crippen LogP contribution is 2.26. The fraction of sp³-hybridized carbons (Fsp3) is 0.357. The number of ether oxygens (including phenoxy) is 1. The van der Waals surface area contributed by atoms with Crippen molar-refractivity contribution >= 4 is 19.6 Å². The average molecular weight is 248 g/mol. The van der Waals surface area contributed by atoms with Gasteiger partial charge in [0, 0.05) is 0 Å². The Morgan fingerprint density at radius 1 is 1.12 bits per heavy atom. The molecule has 0 saturated heterocycles. The van der Waals surface area contributed by atoms with Crippen molar-refractivity contribution in [3.05, 3.63) is 41.1 Å². The van der Waals surface area contributed by atoms with Crippen LogP contribution < -0.4 is 0 Å². The third kappa shape index (κ3) is 3.30. The molecule has 3 heteroatoms. The van der Waals surface area contributed by atoms with E-state index in [2.05, 4.69) is 19.6 Å². The molecule has 17 heavy (non-hydrogen) atoms. The second-order valence-corrected chi connectivity index (χ2v) is 10.4. The maximum absolute atomic E-state index is 11.9. The molecule has 0 saturated carbocycles. The van der Waals surface area contributed by atoms with Gasteiger partial charge in [-0.1, -0.05) is 55.2 Å². The van der Waals surface area contributed by atoms with Crippen LogP contribution in [0.25, 0.3) is 5.57 Å². The van der Waals surface area contributed by atoms with E-state index in [1.807, 2.05) is 37.3 Å². The molecule has 0 fully saturated rings. The number of carbonyl (C=O) groups is 1. The van der Waals surface area contributed by atoms with Crippen molar-refractivity contribution in [2.45, 2.75) is 26.6 Å². The van der Waals surface area contributed by atoms with Crippen LogP contribution in [0, 0.1) is 0 Å². The number of methoxy groups -OCH3 is 1. The first-order valence-corrected chi connectivity index (χ1v) is 9.23. The Bertz CT molecular complexity index is 427. The van der Waals surface area contributed by atoms with Crippen molar-refractivity contribution < 1.29 is 9.53 Å². The summed E-state index contributed by atoms with van der Waals surface area (Å²) >= 11 is 0. The number of esters is 1. The van der Waals surface area contributed by atoms with Gasteiger partial charge >= 0.3 is 5.97 Å². The zero-order valence-corrected chi connectivity index (χ0v) is 12.2. The van der Waals surface area contributed by atoms with Crippen LogP contribution in [0.3, 0.4) is 0 Å². The minimum Gasteiger partial charge on any atom is -0.465 e. The van der Waals surface area contributed by atoms with Crippen molar-refractivity contribution in [2.75, 3.05) is 7.11 Å². The van der Waals surface area contributed by atoms with Gasteiger partial charge in [0.15, 0.2) is 0 Å². The summed E-state index contributed by atoms with van der Waals surface area (Å²) in [4.78, 5) is 11.9. The van der Waals surface area contributed by atoms with Crippen molar-refractivity contribution in [3.63, 3.8) is 0 Å². The third-order valence-electron chi connectivity index (χ3n) is 2.95. The molecule has 0 unspecified atom stereocenters. The van der Waals surface area contributed by atoms with Crippen molar-refractivity contribution in [2.24, 2.45) is 0 Å². The Labute approximate surface area is 104 Å². The summed E-state index contributed by atoms with van der Waals surface area (Å²) in [6, 6.07) is 9.74. The van der Waals surface area contributed by atoms with Crippen LogP contribution in [0.15, 0.2) is 35.5 Å². The Kier molecular flexibility index (Phi) is 4.29. The van der Waals surface area contributed by atoms with Gasteiger partial charge in [0.1, 0.15) is 0 Å². The summed E-state index contributed by atoms with van der Waals surface area (Å²) < 4.78 is 4.91. The molecule has 1 aromatic carbocycles. The van der Waals surface area contributed by atoms with Gasteiger partial charge in [-0.2, -0.15) is 0 Å². The standard InChI is InChI=1S/C14H20O2Si/c1-11(17(3,4)5)13(14(15)16-2)12-9-7-6-8-10-12/h6-10H,1-5H3/b13-11-. The Balaban J connectivity index is 3.38. The lowest BCUT2D eigenvalue weighted by atomic mass is 10.1. The van der Waals surface area contributed by atoms with Gasteiger partial charge in [0.25, 0.3) is 0 Å². The largest absolute Gasteiger partial charge is 0.465 e. The summed E-state index contributed by atoms with van der Waals surface area (Å²) in [6.45, 7) is 8.74. The van der Waals surface area contributed by atoms with Crippen LogP contribution >= 0.6 is 0 Å². The molecule has 92 valence electrons.